The van der Waals surface area contributed by atoms with Crippen molar-refractivity contribution in [3.8, 4) is 0 Å². The van der Waals surface area contributed by atoms with E-state index in [0.29, 0.717) is 6.54 Å². The van der Waals surface area contributed by atoms with Gasteiger partial charge in [-0.15, -0.1) is 0 Å². The molecule has 1 fully saturated rings. The normalized spacial score (nSPS) is 20.3. The van der Waals surface area contributed by atoms with Crippen molar-refractivity contribution in [3.63, 3.8) is 0 Å². The minimum atomic E-state index is -0.353. The van der Waals surface area contributed by atoms with E-state index in [9.17, 15) is 5.11 Å². The van der Waals surface area contributed by atoms with E-state index >= 15 is 0 Å². The van der Waals surface area contributed by atoms with Gasteiger partial charge < -0.3 is 19.5 Å². The van der Waals surface area contributed by atoms with Crippen LogP contribution in [0.15, 0.2) is 77.3 Å². The Morgan fingerprint density at radius 3 is 2.29 bits per heavy atom. The van der Waals surface area contributed by atoms with Gasteiger partial charge in [-0.2, -0.15) is 0 Å². The lowest BCUT2D eigenvalue weighted by atomic mass is 10.2. The van der Waals surface area contributed by atoms with Crippen LogP contribution < -0.4 is 9.80 Å². The van der Waals surface area contributed by atoms with Crippen LogP contribution >= 0.6 is 15.9 Å². The summed E-state index contributed by atoms with van der Waals surface area (Å²) in [5.41, 5.74) is 3.80. The first-order valence-corrected chi connectivity index (χ1v) is 12.0. The quantitative estimate of drug-likeness (QED) is 0.387. The van der Waals surface area contributed by atoms with E-state index < -0.39 is 0 Å². The van der Waals surface area contributed by atoms with Crippen molar-refractivity contribution in [1.82, 2.24) is 4.57 Å². The molecule has 0 amide bonds. The number of para-hydroxylation sites is 1. The molecule has 0 radical (unpaired) electrons. The van der Waals surface area contributed by atoms with Crippen molar-refractivity contribution in [2.45, 2.75) is 19.2 Å². The molecule has 5 heteroatoms. The van der Waals surface area contributed by atoms with Crippen LogP contribution in [0.5, 0.6) is 0 Å². The molecule has 1 aliphatic rings. The Kier molecular flexibility index (Phi) is 6.10. The van der Waals surface area contributed by atoms with Gasteiger partial charge in [0.1, 0.15) is 45.4 Å². The number of aromatic nitrogens is 1. The molecule has 1 aliphatic heterocycles. The Labute approximate surface area is 191 Å². The highest BCUT2D eigenvalue weighted by atomic mass is 79.9. The summed E-state index contributed by atoms with van der Waals surface area (Å²) in [5.74, 6) is 0. The largest absolute Gasteiger partial charge is 0.385 e. The Morgan fingerprint density at radius 1 is 0.806 bits per heavy atom. The lowest BCUT2D eigenvalue weighted by molar-refractivity contribution is -1.02. The van der Waals surface area contributed by atoms with Crippen LogP contribution in [0.1, 0.15) is 5.56 Å². The fraction of sp³-hybridized carbons (Fsp3) is 0.308. The number of aliphatic hydroxyl groups excluding tert-OH is 1. The maximum absolute atomic E-state index is 11.0. The zero-order chi connectivity index (χ0) is 21.2. The van der Waals surface area contributed by atoms with Crippen molar-refractivity contribution >= 4 is 37.7 Å². The van der Waals surface area contributed by atoms with Gasteiger partial charge in [-0.25, -0.2) is 0 Å². The van der Waals surface area contributed by atoms with Gasteiger partial charge in [-0.05, 0) is 24.3 Å². The molecule has 0 bridgehead atoms. The number of fused-ring (bicyclic) bond motifs is 3. The van der Waals surface area contributed by atoms with Crippen molar-refractivity contribution in [2.75, 3.05) is 32.7 Å². The van der Waals surface area contributed by atoms with Crippen LogP contribution in [0.4, 0.5) is 0 Å². The third-order valence-electron chi connectivity index (χ3n) is 6.61. The Morgan fingerprint density at radius 2 is 1.48 bits per heavy atom. The first-order chi connectivity index (χ1) is 15.2. The van der Waals surface area contributed by atoms with E-state index in [4.69, 9.17) is 0 Å². The number of halogens is 1. The predicted octanol–water partition coefficient (Wildman–Crippen LogP) is 1.90. The molecule has 3 N–H and O–H groups in total. The second-order valence-corrected chi connectivity index (χ2v) is 9.73. The van der Waals surface area contributed by atoms with Crippen LogP contribution in [0.3, 0.4) is 0 Å². The molecule has 1 atom stereocenters. The molecule has 160 valence electrons. The highest BCUT2D eigenvalue weighted by Crippen LogP contribution is 2.31. The second-order valence-electron chi connectivity index (χ2n) is 8.81. The van der Waals surface area contributed by atoms with E-state index in [1.807, 2.05) is 0 Å². The first-order valence-electron chi connectivity index (χ1n) is 11.2. The zero-order valence-corrected chi connectivity index (χ0v) is 19.3. The minimum Gasteiger partial charge on any atom is -0.385 e. The maximum Gasteiger partial charge on any atom is 0.127 e. The summed E-state index contributed by atoms with van der Waals surface area (Å²) in [4.78, 5) is 3.17. The van der Waals surface area contributed by atoms with Crippen LogP contribution in [0.25, 0.3) is 21.8 Å². The third kappa shape index (κ3) is 4.55. The molecule has 1 aromatic heterocycles. The topological polar surface area (TPSA) is 34.0 Å². The van der Waals surface area contributed by atoms with Gasteiger partial charge in [0.15, 0.2) is 0 Å². The van der Waals surface area contributed by atoms with Gasteiger partial charge in [0.2, 0.25) is 0 Å². The molecule has 0 aliphatic carbocycles. The molecule has 2 heterocycles. The van der Waals surface area contributed by atoms with Crippen LogP contribution in [0.2, 0.25) is 0 Å². The molecule has 1 saturated heterocycles. The molecular formula is C26H30BrN3O+2. The van der Waals surface area contributed by atoms with Crippen LogP contribution in [-0.2, 0) is 13.1 Å². The van der Waals surface area contributed by atoms with Crippen LogP contribution in [-0.4, -0.2) is 48.5 Å². The predicted molar refractivity (Wildman–Crippen MR) is 130 cm³/mol. The molecule has 4 aromatic rings. The first kappa shape index (κ1) is 20.7. The average Bonchev–Trinajstić information content (AvgIpc) is 3.09. The number of nitrogens with one attached hydrogen (secondary N) is 2. The van der Waals surface area contributed by atoms with E-state index in [2.05, 4.69) is 93.3 Å². The highest BCUT2D eigenvalue weighted by molar-refractivity contribution is 9.10. The Bertz CT molecular complexity index is 1170. The number of nitrogens with zero attached hydrogens (tertiary/aromatic N) is 1. The molecule has 4 nitrogen and oxygen atoms in total. The Hall–Kier alpha value is -2.18. The standard InChI is InChI=1S/C26H28BrN3O/c27-21-10-11-26-24(16-21)23-8-4-5-9-25(23)30(26)19-22(31)18-29-14-12-28(13-15-29)17-20-6-2-1-3-7-20/h1-11,16,22,31H,12-15,17-19H2/p+2. The van der Waals surface area contributed by atoms with E-state index in [1.54, 1.807) is 4.90 Å². The summed E-state index contributed by atoms with van der Waals surface area (Å²) >= 11 is 3.61. The molecule has 0 spiro atoms. The SMILES string of the molecule is OC(Cn1c2ccccc2c2cc(Br)ccc21)C[NH+]1CC[NH+](Cc2ccccc2)CC1. The summed E-state index contributed by atoms with van der Waals surface area (Å²) in [6.45, 7) is 7.13. The smallest absolute Gasteiger partial charge is 0.127 e. The molecule has 5 rings (SSSR count). The van der Waals surface area contributed by atoms with Crippen molar-refractivity contribution in [2.24, 2.45) is 0 Å². The lowest BCUT2D eigenvalue weighted by Gasteiger charge is -2.31. The number of benzene rings is 3. The van der Waals surface area contributed by atoms with E-state index in [0.717, 1.165) is 30.7 Å². The average molecular weight is 480 g/mol. The fourth-order valence-electron chi connectivity index (χ4n) is 5.05. The number of aliphatic hydroxyl groups is 1. The highest BCUT2D eigenvalue weighted by Gasteiger charge is 2.25. The molecule has 0 saturated carbocycles. The third-order valence-corrected chi connectivity index (χ3v) is 7.11. The summed E-state index contributed by atoms with van der Waals surface area (Å²) in [5, 5.41) is 13.5. The van der Waals surface area contributed by atoms with Crippen molar-refractivity contribution < 1.29 is 14.9 Å². The zero-order valence-electron chi connectivity index (χ0n) is 17.7. The van der Waals surface area contributed by atoms with E-state index in [1.165, 1.54) is 45.4 Å². The molecular weight excluding hydrogens is 450 g/mol. The van der Waals surface area contributed by atoms with Crippen LogP contribution in [0, 0.1) is 0 Å². The van der Waals surface area contributed by atoms with Gasteiger partial charge in [0, 0.05) is 31.8 Å². The number of rotatable bonds is 6. The number of hydrogen-bond donors (Lipinski definition) is 3. The Balaban J connectivity index is 1.24. The fourth-order valence-corrected chi connectivity index (χ4v) is 5.41. The summed E-state index contributed by atoms with van der Waals surface area (Å²) in [6.07, 6.45) is -0.353. The van der Waals surface area contributed by atoms with Gasteiger partial charge >= 0.3 is 0 Å². The number of hydrogen-bond acceptors (Lipinski definition) is 1. The lowest BCUT2D eigenvalue weighted by Crippen LogP contribution is -3.28. The van der Waals surface area contributed by atoms with Crippen molar-refractivity contribution in [1.29, 1.82) is 0 Å². The van der Waals surface area contributed by atoms with Crippen molar-refractivity contribution in [3.05, 3.63) is 82.8 Å². The minimum absolute atomic E-state index is 0.353. The van der Waals surface area contributed by atoms with E-state index in [-0.39, 0.29) is 6.10 Å². The molecule has 31 heavy (non-hydrogen) atoms. The maximum atomic E-state index is 11.0. The number of quaternary nitrogens is 2. The summed E-state index contributed by atoms with van der Waals surface area (Å²) in [7, 11) is 0. The number of piperazine rings is 1. The monoisotopic (exact) mass is 479 g/mol. The summed E-state index contributed by atoms with van der Waals surface area (Å²) in [6, 6.07) is 25.7. The van der Waals surface area contributed by atoms with Gasteiger partial charge in [-0.3, -0.25) is 0 Å². The van der Waals surface area contributed by atoms with Gasteiger partial charge in [0.25, 0.3) is 0 Å². The summed E-state index contributed by atoms with van der Waals surface area (Å²) < 4.78 is 3.38. The van der Waals surface area contributed by atoms with Gasteiger partial charge in [0.05, 0.1) is 6.54 Å². The molecule has 3 aromatic carbocycles. The molecule has 1 unspecified atom stereocenters. The van der Waals surface area contributed by atoms with Gasteiger partial charge in [-0.1, -0.05) is 64.5 Å². The second kappa shape index (κ2) is 9.13.